The number of hydrogen-bond donors (Lipinski definition) is 0. The molecule has 8 aromatic rings. The molecular formula is C46H30BaO2. The van der Waals surface area contributed by atoms with Crippen LogP contribution in [0.2, 0.25) is 0 Å². The molecule has 2 aliphatic heterocycles. The first-order valence-corrected chi connectivity index (χ1v) is 21.4. The standard InChI is InChI=1S/2C23H15O.Ba/c2*1-2-10-17-16(8-1)9-7-13-18(17)23-19-11-3-5-14-21(19)24-22-15-6-4-12-20(22)23;/h2*1-15H;. The van der Waals surface area contributed by atoms with Crippen LogP contribution in [0.15, 0.2) is 182 Å². The summed E-state index contributed by atoms with van der Waals surface area (Å²) in [5.41, 5.74) is 7.74. The SMILES string of the molecule is c1ccc2c(c1)Oc1ccccc1[C]2([Ba][C]1(c2cccc3ccccc23)c2ccccc2Oc2ccccc21)c1cccc2ccccc12. The topological polar surface area (TPSA) is 18.5 Å². The van der Waals surface area contributed by atoms with Crippen LogP contribution < -0.4 is 9.47 Å². The summed E-state index contributed by atoms with van der Waals surface area (Å²) in [4.78, 5) is 0. The van der Waals surface area contributed by atoms with Crippen molar-refractivity contribution >= 4 is 65.7 Å². The maximum atomic E-state index is 6.81. The molecule has 0 amide bonds. The van der Waals surface area contributed by atoms with Gasteiger partial charge >= 0.3 is 313 Å². The quantitative estimate of drug-likeness (QED) is 0.167. The van der Waals surface area contributed by atoms with Crippen molar-refractivity contribution in [1.29, 1.82) is 0 Å². The summed E-state index contributed by atoms with van der Waals surface area (Å²) in [5, 5.41) is 5.08. The maximum absolute atomic E-state index is 6.81. The first-order valence-electron chi connectivity index (χ1n) is 17.0. The zero-order chi connectivity index (χ0) is 32.4. The van der Waals surface area contributed by atoms with Gasteiger partial charge in [0.15, 0.2) is 0 Å². The van der Waals surface area contributed by atoms with E-state index in [-0.39, 0.29) is 0 Å². The minimum absolute atomic E-state index is 0.416. The average molecular weight is 752 g/mol. The van der Waals surface area contributed by atoms with Crippen LogP contribution in [0.1, 0.15) is 33.4 Å². The van der Waals surface area contributed by atoms with Gasteiger partial charge in [0.05, 0.1) is 0 Å². The summed E-state index contributed by atoms with van der Waals surface area (Å²) in [6.45, 7) is 0. The molecule has 0 unspecified atom stereocenters. The van der Waals surface area contributed by atoms with E-state index >= 15 is 0 Å². The summed E-state index contributed by atoms with van der Waals surface area (Å²) in [6.07, 6.45) is 0. The van der Waals surface area contributed by atoms with Gasteiger partial charge in [0.25, 0.3) is 0 Å². The van der Waals surface area contributed by atoms with Gasteiger partial charge in [0.1, 0.15) is 0 Å². The van der Waals surface area contributed by atoms with E-state index in [1.807, 2.05) is 0 Å². The van der Waals surface area contributed by atoms with E-state index in [9.17, 15) is 0 Å². The van der Waals surface area contributed by atoms with E-state index in [0.717, 1.165) is 23.0 Å². The summed E-state index contributed by atoms with van der Waals surface area (Å²) in [6, 6.07) is 66.8. The molecule has 0 fully saturated rings. The first-order chi connectivity index (χ1) is 24.3. The van der Waals surface area contributed by atoms with Crippen LogP contribution in [-0.2, 0) is -0.234 Å². The van der Waals surface area contributed by atoms with Gasteiger partial charge in [0.2, 0.25) is 0 Å². The zero-order valence-electron chi connectivity index (χ0n) is 26.8. The number of ether oxygens (including phenoxy) is 2. The van der Waals surface area contributed by atoms with Crippen LogP contribution in [0.25, 0.3) is 21.5 Å². The Morgan fingerprint density at radius 2 is 0.571 bits per heavy atom. The second-order valence-electron chi connectivity index (χ2n) is 13.2. The molecule has 0 bridgehead atoms. The van der Waals surface area contributed by atoms with Gasteiger partial charge in [-0.05, 0) is 0 Å². The van der Waals surface area contributed by atoms with E-state index in [0.29, 0.717) is 0 Å². The van der Waals surface area contributed by atoms with Crippen molar-refractivity contribution in [2.75, 3.05) is 0 Å². The van der Waals surface area contributed by atoms with Crippen molar-refractivity contribution in [1.82, 2.24) is 0 Å². The van der Waals surface area contributed by atoms with E-state index in [1.165, 1.54) is 54.9 Å². The number of rotatable bonds is 4. The van der Waals surface area contributed by atoms with Crippen LogP contribution in [0.4, 0.5) is 0 Å². The molecule has 2 nitrogen and oxygen atoms in total. The van der Waals surface area contributed by atoms with Gasteiger partial charge < -0.3 is 0 Å². The molecule has 0 saturated heterocycles. The van der Waals surface area contributed by atoms with Crippen LogP contribution >= 0.6 is 0 Å². The molecule has 8 aromatic carbocycles. The molecule has 0 atom stereocenters. The minimum atomic E-state index is -2.75. The Morgan fingerprint density at radius 3 is 0.959 bits per heavy atom. The molecular weight excluding hydrogens is 722 g/mol. The van der Waals surface area contributed by atoms with E-state index < -0.39 is 44.0 Å². The van der Waals surface area contributed by atoms with Crippen LogP contribution in [0, 0.1) is 0 Å². The normalized spacial score (nSPS) is 14.7. The fourth-order valence-electron chi connectivity index (χ4n) is 8.90. The predicted octanol–water partition coefficient (Wildman–Crippen LogP) is 11.2. The fraction of sp³-hybridized carbons (Fsp3) is 0.0435. The van der Waals surface area contributed by atoms with Gasteiger partial charge in [-0.3, -0.25) is 0 Å². The summed E-state index contributed by atoms with van der Waals surface area (Å²) in [5.74, 6) is 3.76. The van der Waals surface area contributed by atoms with Gasteiger partial charge in [-0.2, -0.15) is 0 Å². The molecule has 0 aliphatic carbocycles. The zero-order valence-corrected chi connectivity index (χ0v) is 31.3. The van der Waals surface area contributed by atoms with Crippen LogP contribution in [-0.4, -0.2) is 44.2 Å². The van der Waals surface area contributed by atoms with Crippen molar-refractivity contribution in [2.24, 2.45) is 0 Å². The molecule has 0 saturated carbocycles. The molecule has 2 aliphatic rings. The Kier molecular flexibility index (Phi) is 6.91. The Hall–Kier alpha value is -4.55. The molecule has 0 aromatic heterocycles. The summed E-state index contributed by atoms with van der Waals surface area (Å²) in [7, 11) is 0. The first kappa shape index (κ1) is 29.4. The average Bonchev–Trinajstić information content (AvgIpc) is 3.17. The molecule has 0 spiro atoms. The van der Waals surface area contributed by atoms with Crippen molar-refractivity contribution in [3.05, 3.63) is 215 Å². The van der Waals surface area contributed by atoms with E-state index in [1.54, 1.807) is 0 Å². The van der Waals surface area contributed by atoms with Crippen LogP contribution in [0.3, 0.4) is 0 Å². The third-order valence-corrected chi connectivity index (χ3v) is 21.4. The monoisotopic (exact) mass is 752 g/mol. The summed E-state index contributed by atoms with van der Waals surface area (Å²) < 4.78 is 12.8. The number of para-hydroxylation sites is 4. The molecule has 49 heavy (non-hydrogen) atoms. The Balaban J connectivity index is 1.43. The van der Waals surface area contributed by atoms with Gasteiger partial charge in [-0.25, -0.2) is 0 Å². The van der Waals surface area contributed by atoms with Gasteiger partial charge in [-0.15, -0.1) is 0 Å². The Bertz CT molecular complexity index is 2290. The van der Waals surface area contributed by atoms with E-state index in [2.05, 4.69) is 182 Å². The Labute approximate surface area is 310 Å². The summed E-state index contributed by atoms with van der Waals surface area (Å²) >= 11 is -2.75. The van der Waals surface area contributed by atoms with E-state index in [4.69, 9.17) is 9.47 Å². The van der Waals surface area contributed by atoms with Crippen molar-refractivity contribution in [2.45, 2.75) is -0.234 Å². The molecule has 3 heteroatoms. The third-order valence-electron chi connectivity index (χ3n) is 10.9. The second-order valence-corrected chi connectivity index (χ2v) is 21.0. The fourth-order valence-corrected chi connectivity index (χ4v) is 20.6. The predicted molar refractivity (Wildman–Crippen MR) is 199 cm³/mol. The van der Waals surface area contributed by atoms with Crippen LogP contribution in [0.5, 0.6) is 23.0 Å². The third kappa shape index (κ3) is 4.32. The van der Waals surface area contributed by atoms with Crippen molar-refractivity contribution < 1.29 is 9.47 Å². The number of benzene rings is 8. The molecule has 0 N–H and O–H groups in total. The van der Waals surface area contributed by atoms with Crippen molar-refractivity contribution in [3.8, 4) is 23.0 Å². The Morgan fingerprint density at radius 1 is 0.286 bits per heavy atom. The van der Waals surface area contributed by atoms with Gasteiger partial charge in [-0.1, -0.05) is 0 Å². The van der Waals surface area contributed by atoms with Crippen molar-refractivity contribution in [3.63, 3.8) is 0 Å². The second kappa shape index (κ2) is 11.5. The molecule has 0 radical (unpaired) electrons. The molecule has 10 rings (SSSR count). The number of hydrogen-bond acceptors (Lipinski definition) is 2. The molecule has 228 valence electrons. The number of fused-ring (bicyclic) bond motifs is 6. The van der Waals surface area contributed by atoms with Gasteiger partial charge in [0, 0.05) is 0 Å². The molecule has 2 heterocycles.